The molecule has 19 heavy (non-hydrogen) atoms. The predicted molar refractivity (Wildman–Crippen MR) is 75.4 cm³/mol. The van der Waals surface area contributed by atoms with E-state index in [1.165, 1.54) is 12.7 Å². The van der Waals surface area contributed by atoms with Crippen molar-refractivity contribution < 1.29 is 14.3 Å². The molecule has 0 aliphatic rings. The van der Waals surface area contributed by atoms with Gasteiger partial charge in [-0.05, 0) is 44.4 Å². The number of rotatable bonds is 8. The lowest BCUT2D eigenvalue weighted by Gasteiger charge is -2.10. The number of nitrogens with one attached hydrogen (secondary N) is 1. The largest absolute Gasteiger partial charge is 0.491 e. The molecule has 0 saturated carbocycles. The molecule has 1 N–H and O–H groups in total. The van der Waals surface area contributed by atoms with Gasteiger partial charge < -0.3 is 14.8 Å². The Morgan fingerprint density at radius 1 is 1.26 bits per heavy atom. The fourth-order valence-corrected chi connectivity index (χ4v) is 1.71. The standard InChI is InChI=1S/C15H23NO3/c1-12(2)19-14-8-6-13(7-9-14)5-4-10-16-15(17)11-18-3/h6-9,12H,4-5,10-11H2,1-3H3,(H,16,17). The van der Waals surface area contributed by atoms with E-state index in [1.807, 2.05) is 26.0 Å². The molecule has 1 aromatic rings. The van der Waals surface area contributed by atoms with Crippen LogP contribution in [0.1, 0.15) is 25.8 Å². The molecule has 0 aromatic heterocycles. The summed E-state index contributed by atoms with van der Waals surface area (Å²) >= 11 is 0. The Kier molecular flexibility index (Phi) is 6.97. The highest BCUT2D eigenvalue weighted by atomic mass is 16.5. The molecule has 0 bridgehead atoms. The summed E-state index contributed by atoms with van der Waals surface area (Å²) in [4.78, 5) is 11.1. The fourth-order valence-electron chi connectivity index (χ4n) is 1.71. The van der Waals surface area contributed by atoms with Gasteiger partial charge in [0.05, 0.1) is 6.10 Å². The first kappa shape index (κ1) is 15.5. The number of carbonyl (C=O) groups is 1. The Hall–Kier alpha value is -1.55. The van der Waals surface area contributed by atoms with E-state index in [-0.39, 0.29) is 18.6 Å². The van der Waals surface area contributed by atoms with Crippen LogP contribution < -0.4 is 10.1 Å². The summed E-state index contributed by atoms with van der Waals surface area (Å²) in [5.41, 5.74) is 1.25. The smallest absolute Gasteiger partial charge is 0.245 e. The molecule has 106 valence electrons. The van der Waals surface area contributed by atoms with Crippen molar-refractivity contribution in [1.82, 2.24) is 5.32 Å². The molecule has 0 spiro atoms. The van der Waals surface area contributed by atoms with E-state index in [4.69, 9.17) is 9.47 Å². The maximum absolute atomic E-state index is 11.1. The van der Waals surface area contributed by atoms with Gasteiger partial charge in [0.2, 0.25) is 5.91 Å². The maximum atomic E-state index is 11.1. The van der Waals surface area contributed by atoms with Crippen LogP contribution in [0.3, 0.4) is 0 Å². The van der Waals surface area contributed by atoms with Crippen molar-refractivity contribution in [2.75, 3.05) is 20.3 Å². The first-order valence-electron chi connectivity index (χ1n) is 6.63. The summed E-state index contributed by atoms with van der Waals surface area (Å²) in [6, 6.07) is 8.10. The predicted octanol–water partition coefficient (Wildman–Crippen LogP) is 2.17. The fraction of sp³-hybridized carbons (Fsp3) is 0.533. The van der Waals surface area contributed by atoms with E-state index in [0.29, 0.717) is 6.54 Å². The molecule has 4 nitrogen and oxygen atoms in total. The van der Waals surface area contributed by atoms with E-state index >= 15 is 0 Å². The third-order valence-electron chi connectivity index (χ3n) is 2.53. The minimum Gasteiger partial charge on any atom is -0.491 e. The number of benzene rings is 1. The van der Waals surface area contributed by atoms with Gasteiger partial charge in [0.1, 0.15) is 12.4 Å². The van der Waals surface area contributed by atoms with E-state index in [9.17, 15) is 4.79 Å². The zero-order valence-electron chi connectivity index (χ0n) is 11.9. The molecule has 0 aliphatic heterocycles. The van der Waals surface area contributed by atoms with Crippen molar-refractivity contribution in [2.45, 2.75) is 32.8 Å². The van der Waals surface area contributed by atoms with Crippen LogP contribution in [0, 0.1) is 0 Å². The summed E-state index contributed by atoms with van der Waals surface area (Å²) in [7, 11) is 1.51. The average molecular weight is 265 g/mol. The second kappa shape index (κ2) is 8.53. The topological polar surface area (TPSA) is 47.6 Å². The normalized spacial score (nSPS) is 10.5. The number of aryl methyl sites for hydroxylation is 1. The summed E-state index contributed by atoms with van der Waals surface area (Å²) in [5, 5.41) is 2.80. The highest BCUT2D eigenvalue weighted by Crippen LogP contribution is 2.14. The van der Waals surface area contributed by atoms with Crippen LogP contribution in [0.2, 0.25) is 0 Å². The molecule has 0 saturated heterocycles. The molecule has 1 rings (SSSR count). The van der Waals surface area contributed by atoms with E-state index < -0.39 is 0 Å². The maximum Gasteiger partial charge on any atom is 0.245 e. The first-order valence-corrected chi connectivity index (χ1v) is 6.63. The molecular formula is C15H23NO3. The van der Waals surface area contributed by atoms with Crippen molar-refractivity contribution in [3.63, 3.8) is 0 Å². The number of ether oxygens (including phenoxy) is 2. The van der Waals surface area contributed by atoms with Gasteiger partial charge in [-0.1, -0.05) is 12.1 Å². The van der Waals surface area contributed by atoms with E-state index in [0.717, 1.165) is 18.6 Å². The van der Waals surface area contributed by atoms with Crippen LogP contribution in [0.25, 0.3) is 0 Å². The van der Waals surface area contributed by atoms with Crippen molar-refractivity contribution in [3.8, 4) is 5.75 Å². The molecule has 4 heteroatoms. The lowest BCUT2D eigenvalue weighted by molar-refractivity contribution is -0.124. The molecule has 1 amide bonds. The number of amides is 1. The molecular weight excluding hydrogens is 242 g/mol. The summed E-state index contributed by atoms with van der Waals surface area (Å²) < 4.78 is 10.3. The lowest BCUT2D eigenvalue weighted by atomic mass is 10.1. The van der Waals surface area contributed by atoms with Gasteiger partial charge in [0.25, 0.3) is 0 Å². The van der Waals surface area contributed by atoms with Gasteiger partial charge in [0.15, 0.2) is 0 Å². The van der Waals surface area contributed by atoms with E-state index in [2.05, 4.69) is 17.4 Å². The van der Waals surface area contributed by atoms with Crippen LogP contribution in [0.4, 0.5) is 0 Å². The lowest BCUT2D eigenvalue weighted by Crippen LogP contribution is -2.28. The van der Waals surface area contributed by atoms with Crippen LogP contribution in [0.5, 0.6) is 5.75 Å². The quantitative estimate of drug-likeness (QED) is 0.733. The van der Waals surface area contributed by atoms with Gasteiger partial charge in [-0.25, -0.2) is 0 Å². The highest BCUT2D eigenvalue weighted by Gasteiger charge is 2.00. The minimum absolute atomic E-state index is 0.0665. The Balaban J connectivity index is 2.24. The Bertz CT molecular complexity index is 373. The molecule has 0 fully saturated rings. The van der Waals surface area contributed by atoms with Crippen LogP contribution in [0.15, 0.2) is 24.3 Å². The molecule has 0 unspecified atom stereocenters. The van der Waals surface area contributed by atoms with Crippen LogP contribution in [-0.4, -0.2) is 32.3 Å². The Labute approximate surface area is 115 Å². The zero-order valence-corrected chi connectivity index (χ0v) is 11.9. The second-order valence-corrected chi connectivity index (χ2v) is 4.70. The average Bonchev–Trinajstić information content (AvgIpc) is 2.36. The second-order valence-electron chi connectivity index (χ2n) is 4.70. The van der Waals surface area contributed by atoms with Gasteiger partial charge in [-0.15, -0.1) is 0 Å². The SMILES string of the molecule is COCC(=O)NCCCc1ccc(OC(C)C)cc1. The molecule has 0 aliphatic carbocycles. The van der Waals surface area contributed by atoms with Gasteiger partial charge >= 0.3 is 0 Å². The van der Waals surface area contributed by atoms with E-state index in [1.54, 1.807) is 0 Å². The third kappa shape index (κ3) is 6.82. The van der Waals surface area contributed by atoms with Gasteiger partial charge in [-0.2, -0.15) is 0 Å². The minimum atomic E-state index is -0.0665. The number of hydrogen-bond acceptors (Lipinski definition) is 3. The number of hydrogen-bond donors (Lipinski definition) is 1. The van der Waals surface area contributed by atoms with Crippen molar-refractivity contribution in [2.24, 2.45) is 0 Å². The number of methoxy groups -OCH3 is 1. The Morgan fingerprint density at radius 3 is 2.53 bits per heavy atom. The van der Waals surface area contributed by atoms with Gasteiger partial charge in [-0.3, -0.25) is 4.79 Å². The van der Waals surface area contributed by atoms with Crippen LogP contribution in [-0.2, 0) is 16.0 Å². The zero-order chi connectivity index (χ0) is 14.1. The van der Waals surface area contributed by atoms with Crippen molar-refractivity contribution >= 4 is 5.91 Å². The summed E-state index contributed by atoms with van der Waals surface area (Å²) in [6.07, 6.45) is 2.05. The molecule has 1 aromatic carbocycles. The summed E-state index contributed by atoms with van der Waals surface area (Å²) in [5.74, 6) is 0.829. The van der Waals surface area contributed by atoms with Crippen molar-refractivity contribution in [1.29, 1.82) is 0 Å². The third-order valence-corrected chi connectivity index (χ3v) is 2.53. The van der Waals surface area contributed by atoms with Crippen molar-refractivity contribution in [3.05, 3.63) is 29.8 Å². The monoisotopic (exact) mass is 265 g/mol. The summed E-state index contributed by atoms with van der Waals surface area (Å²) in [6.45, 7) is 4.82. The highest BCUT2D eigenvalue weighted by molar-refractivity contribution is 5.77. The first-order chi connectivity index (χ1) is 9.11. The molecule has 0 atom stereocenters. The Morgan fingerprint density at radius 2 is 1.95 bits per heavy atom. The molecule has 0 radical (unpaired) electrons. The molecule has 0 heterocycles. The number of carbonyl (C=O) groups excluding carboxylic acids is 1. The van der Waals surface area contributed by atoms with Crippen LogP contribution >= 0.6 is 0 Å². The van der Waals surface area contributed by atoms with Gasteiger partial charge in [0, 0.05) is 13.7 Å².